The predicted molar refractivity (Wildman–Crippen MR) is 95.9 cm³/mol. The lowest BCUT2D eigenvalue weighted by molar-refractivity contribution is -0.157. The highest BCUT2D eigenvalue weighted by atomic mass is 79.9. The molecule has 0 N–H and O–H groups in total. The van der Waals surface area contributed by atoms with Gasteiger partial charge in [-0.3, -0.25) is 0 Å². The van der Waals surface area contributed by atoms with Crippen LogP contribution in [0.25, 0.3) is 0 Å². The molecule has 1 heterocycles. The molecule has 6 heteroatoms. The second-order valence-corrected chi connectivity index (χ2v) is 7.30. The van der Waals surface area contributed by atoms with E-state index in [0.717, 1.165) is 15.6 Å². The van der Waals surface area contributed by atoms with Gasteiger partial charge in [0, 0.05) is 15.1 Å². The van der Waals surface area contributed by atoms with Crippen LogP contribution >= 0.6 is 55.1 Å². The fraction of sp³-hybridized carbons (Fsp3) is 0.250. The molecule has 1 saturated heterocycles. The summed E-state index contributed by atoms with van der Waals surface area (Å²) in [5, 5.41) is 1.60. The highest BCUT2D eigenvalue weighted by molar-refractivity contribution is 9.10. The molecular formula is C16H12Br2Cl2O2. The average molecular weight is 467 g/mol. The molecule has 0 bridgehead atoms. The lowest BCUT2D eigenvalue weighted by atomic mass is 10.1. The van der Waals surface area contributed by atoms with Crippen LogP contribution in [-0.2, 0) is 15.3 Å². The number of ether oxygens (including phenoxy) is 2. The number of alkyl halides is 1. The Hall–Kier alpha value is -0.100. The molecule has 0 aromatic heterocycles. The summed E-state index contributed by atoms with van der Waals surface area (Å²) >= 11 is 19.2. The first kappa shape index (κ1) is 16.7. The van der Waals surface area contributed by atoms with Crippen molar-refractivity contribution in [2.45, 2.75) is 11.9 Å². The van der Waals surface area contributed by atoms with Crippen molar-refractivity contribution >= 4 is 55.1 Å². The molecule has 1 aliphatic heterocycles. The molecule has 1 fully saturated rings. The minimum atomic E-state index is -0.903. The number of benzene rings is 2. The Morgan fingerprint density at radius 3 is 2.50 bits per heavy atom. The summed E-state index contributed by atoms with van der Waals surface area (Å²) < 4.78 is 13.2. The average Bonchev–Trinajstić information content (AvgIpc) is 2.93. The molecule has 2 nitrogen and oxygen atoms in total. The fourth-order valence-corrected chi connectivity index (χ4v) is 3.84. The summed E-state index contributed by atoms with van der Waals surface area (Å²) in [7, 11) is 0. The van der Waals surface area contributed by atoms with Gasteiger partial charge in [-0.15, -0.1) is 0 Å². The van der Waals surface area contributed by atoms with E-state index in [1.807, 2.05) is 30.3 Å². The van der Waals surface area contributed by atoms with E-state index in [2.05, 4.69) is 31.9 Å². The van der Waals surface area contributed by atoms with Gasteiger partial charge in [0.1, 0.15) is 6.10 Å². The Morgan fingerprint density at radius 2 is 1.86 bits per heavy atom. The van der Waals surface area contributed by atoms with Crippen molar-refractivity contribution in [3.05, 3.63) is 68.1 Å². The van der Waals surface area contributed by atoms with Gasteiger partial charge in [-0.05, 0) is 29.8 Å². The Bertz CT molecular complexity index is 678. The molecule has 0 aliphatic carbocycles. The van der Waals surface area contributed by atoms with Crippen molar-refractivity contribution in [3.8, 4) is 0 Å². The van der Waals surface area contributed by atoms with Crippen LogP contribution in [0.4, 0.5) is 0 Å². The topological polar surface area (TPSA) is 18.5 Å². The van der Waals surface area contributed by atoms with Crippen LogP contribution < -0.4 is 0 Å². The first-order valence-electron chi connectivity index (χ1n) is 6.63. The summed E-state index contributed by atoms with van der Waals surface area (Å²) in [6, 6.07) is 13.3. The Kier molecular flexibility index (Phi) is 5.17. The Balaban J connectivity index is 1.91. The molecule has 0 saturated carbocycles. The zero-order chi connectivity index (χ0) is 15.7. The maximum Gasteiger partial charge on any atom is 0.207 e. The van der Waals surface area contributed by atoms with Crippen molar-refractivity contribution < 1.29 is 9.47 Å². The summed E-state index contributed by atoms with van der Waals surface area (Å²) in [5.41, 5.74) is 1.84. The van der Waals surface area contributed by atoms with Crippen molar-refractivity contribution in [2.24, 2.45) is 0 Å². The third-order valence-electron chi connectivity index (χ3n) is 3.56. The second kappa shape index (κ2) is 6.80. The van der Waals surface area contributed by atoms with E-state index in [1.165, 1.54) is 0 Å². The van der Waals surface area contributed by atoms with Crippen molar-refractivity contribution in [1.82, 2.24) is 0 Å². The predicted octanol–water partition coefficient (Wildman–Crippen LogP) is 6.09. The van der Waals surface area contributed by atoms with Gasteiger partial charge in [0.25, 0.3) is 0 Å². The van der Waals surface area contributed by atoms with Gasteiger partial charge in [-0.2, -0.15) is 0 Å². The van der Waals surface area contributed by atoms with E-state index in [1.54, 1.807) is 12.1 Å². The molecule has 22 heavy (non-hydrogen) atoms. The monoisotopic (exact) mass is 464 g/mol. The molecule has 3 rings (SSSR count). The quantitative estimate of drug-likeness (QED) is 0.509. The van der Waals surface area contributed by atoms with Crippen LogP contribution in [0.5, 0.6) is 0 Å². The van der Waals surface area contributed by atoms with E-state index in [4.69, 9.17) is 32.7 Å². The number of rotatable bonds is 3. The van der Waals surface area contributed by atoms with Crippen molar-refractivity contribution in [1.29, 1.82) is 0 Å². The van der Waals surface area contributed by atoms with E-state index in [9.17, 15) is 0 Å². The molecule has 0 amide bonds. The molecule has 116 valence electrons. The maximum atomic E-state index is 6.32. The standard InChI is InChI=1S/C16H12Br2Cl2O2/c17-9-16(13-6-5-12(19)7-14(13)20)21-8-15(22-16)10-1-3-11(18)4-2-10/h1-7,15H,8-9H2/t15-,16-/m1/s1. The number of halogens is 4. The van der Waals surface area contributed by atoms with E-state index in [0.29, 0.717) is 22.0 Å². The summed E-state index contributed by atoms with van der Waals surface area (Å²) in [6.45, 7) is 0.464. The molecule has 0 radical (unpaired) electrons. The van der Waals surface area contributed by atoms with Crippen molar-refractivity contribution in [2.75, 3.05) is 11.9 Å². The second-order valence-electron chi connectivity index (χ2n) is 4.98. The van der Waals surface area contributed by atoms with E-state index in [-0.39, 0.29) is 6.10 Å². The Labute approximate surface area is 156 Å². The molecule has 2 aromatic rings. The first-order valence-corrected chi connectivity index (χ1v) is 9.30. The van der Waals surface area contributed by atoms with Crippen LogP contribution in [0, 0.1) is 0 Å². The van der Waals surface area contributed by atoms with Crippen LogP contribution in [0.1, 0.15) is 17.2 Å². The van der Waals surface area contributed by atoms with Gasteiger partial charge in [-0.25, -0.2) is 0 Å². The highest BCUT2D eigenvalue weighted by Gasteiger charge is 2.44. The lowest BCUT2D eigenvalue weighted by Crippen LogP contribution is -2.29. The zero-order valence-corrected chi connectivity index (χ0v) is 16.0. The molecule has 2 aromatic carbocycles. The molecule has 1 aliphatic rings. The molecule has 2 atom stereocenters. The minimum absolute atomic E-state index is 0.141. The lowest BCUT2D eigenvalue weighted by Gasteiger charge is -2.27. The molecule has 0 unspecified atom stereocenters. The SMILES string of the molecule is Clc1ccc([C@]2(CBr)OC[C@H](c3ccc(Br)cc3)O2)c(Cl)c1. The van der Waals surface area contributed by atoms with Gasteiger partial charge >= 0.3 is 0 Å². The Morgan fingerprint density at radius 1 is 1.14 bits per heavy atom. The van der Waals surface area contributed by atoms with Crippen LogP contribution in [-0.4, -0.2) is 11.9 Å². The largest absolute Gasteiger partial charge is 0.342 e. The summed E-state index contributed by atoms with van der Waals surface area (Å²) in [4.78, 5) is 0. The zero-order valence-electron chi connectivity index (χ0n) is 11.4. The fourth-order valence-electron chi connectivity index (χ4n) is 2.43. The minimum Gasteiger partial charge on any atom is -0.342 e. The van der Waals surface area contributed by atoms with Gasteiger partial charge in [0.05, 0.1) is 17.0 Å². The van der Waals surface area contributed by atoms with Gasteiger partial charge in [0.2, 0.25) is 5.79 Å². The van der Waals surface area contributed by atoms with E-state index >= 15 is 0 Å². The summed E-state index contributed by atoms with van der Waals surface area (Å²) in [6.07, 6.45) is -0.141. The van der Waals surface area contributed by atoms with Gasteiger partial charge in [0.15, 0.2) is 0 Å². The normalized spacial score (nSPS) is 24.6. The third kappa shape index (κ3) is 3.23. The molecule has 0 spiro atoms. The maximum absolute atomic E-state index is 6.32. The van der Waals surface area contributed by atoms with Crippen LogP contribution in [0.2, 0.25) is 10.0 Å². The van der Waals surface area contributed by atoms with Crippen LogP contribution in [0.15, 0.2) is 46.9 Å². The third-order valence-corrected chi connectivity index (χ3v) is 5.37. The highest BCUT2D eigenvalue weighted by Crippen LogP contribution is 2.44. The summed E-state index contributed by atoms with van der Waals surface area (Å²) in [5.74, 6) is -0.903. The van der Waals surface area contributed by atoms with Crippen molar-refractivity contribution in [3.63, 3.8) is 0 Å². The molecular weight excluding hydrogens is 455 g/mol. The number of hydrogen-bond acceptors (Lipinski definition) is 2. The smallest absolute Gasteiger partial charge is 0.207 e. The van der Waals surface area contributed by atoms with E-state index < -0.39 is 5.79 Å². The number of hydrogen-bond donors (Lipinski definition) is 0. The van der Waals surface area contributed by atoms with Gasteiger partial charge in [-0.1, -0.05) is 73.3 Å². The first-order chi connectivity index (χ1) is 10.5. The van der Waals surface area contributed by atoms with Gasteiger partial charge < -0.3 is 9.47 Å². The van der Waals surface area contributed by atoms with Crippen LogP contribution in [0.3, 0.4) is 0 Å².